The van der Waals surface area contributed by atoms with Crippen LogP contribution >= 0.6 is 12.6 Å². The number of ketones is 2. The summed E-state index contributed by atoms with van der Waals surface area (Å²) in [6.07, 6.45) is 4.92. The van der Waals surface area contributed by atoms with Crippen molar-refractivity contribution < 1.29 is 34.3 Å². The van der Waals surface area contributed by atoms with Gasteiger partial charge in [-0.15, -0.1) is 0 Å². The third-order valence-corrected chi connectivity index (χ3v) is 9.37. The van der Waals surface area contributed by atoms with E-state index in [4.69, 9.17) is 5.73 Å². The van der Waals surface area contributed by atoms with Crippen LogP contribution in [0.1, 0.15) is 32.6 Å². The number of nitrogens with zero attached hydrogens (tertiary/aromatic N) is 2. The highest BCUT2D eigenvalue weighted by Gasteiger charge is 2.84. The fourth-order valence-electron chi connectivity index (χ4n) is 6.83. The van der Waals surface area contributed by atoms with Crippen molar-refractivity contribution in [2.24, 2.45) is 46.4 Å². The Morgan fingerprint density at radius 2 is 2.03 bits per heavy atom. The van der Waals surface area contributed by atoms with Crippen LogP contribution in [0, 0.1) is 35.5 Å². The molecule has 0 radical (unpaired) electrons. The third-order valence-electron chi connectivity index (χ3n) is 9.03. The number of Topliss-reactive ketones (excluding diaryl/α,β-unsaturated/α-hetero) is 2. The van der Waals surface area contributed by atoms with Gasteiger partial charge in [0, 0.05) is 35.7 Å². The van der Waals surface area contributed by atoms with Gasteiger partial charge >= 0.3 is 5.97 Å². The number of hydrogen-bond donors (Lipinski definition) is 4. The van der Waals surface area contributed by atoms with Crippen LogP contribution in [-0.2, 0) is 24.0 Å². The van der Waals surface area contributed by atoms with Crippen LogP contribution in [0.4, 0.5) is 0 Å². The number of likely N-dealkylation sites (tertiary alicyclic amines) is 1. The number of hydrogen-bond acceptors (Lipinski definition) is 9. The van der Waals surface area contributed by atoms with Crippen molar-refractivity contribution in [3.63, 3.8) is 0 Å². The lowest BCUT2D eigenvalue weighted by Crippen LogP contribution is -2.49. The van der Waals surface area contributed by atoms with Gasteiger partial charge in [-0.3, -0.25) is 24.1 Å². The number of carboxylic acids is 1. The minimum absolute atomic E-state index is 0.00215. The van der Waals surface area contributed by atoms with E-state index in [0.717, 1.165) is 10.5 Å². The molecule has 2 amide bonds. The van der Waals surface area contributed by atoms with Crippen molar-refractivity contribution in [2.45, 2.75) is 38.1 Å². The van der Waals surface area contributed by atoms with Crippen molar-refractivity contribution >= 4 is 48.2 Å². The van der Waals surface area contributed by atoms with Gasteiger partial charge in [0.1, 0.15) is 11.5 Å². The molecule has 3 saturated carbocycles. The Morgan fingerprint density at radius 3 is 2.54 bits per heavy atom. The number of oxime groups is 1. The molecule has 2 bridgehead atoms. The van der Waals surface area contributed by atoms with Crippen LogP contribution in [0.25, 0.3) is 0 Å². The highest BCUT2D eigenvalue weighted by atomic mass is 32.1. The molecule has 1 saturated heterocycles. The molecule has 6 aliphatic rings. The molecule has 1 heterocycles. The van der Waals surface area contributed by atoms with Crippen molar-refractivity contribution in [3.05, 3.63) is 34.4 Å². The Kier molecular flexibility index (Phi) is 6.26. The van der Waals surface area contributed by atoms with Gasteiger partial charge in [-0.05, 0) is 60.2 Å². The van der Waals surface area contributed by atoms with Gasteiger partial charge in [0.05, 0.1) is 11.5 Å². The Hall–Kier alpha value is -3.05. The molecule has 11 heteroatoms. The number of allylic oxidation sites excluding steroid dienone is 2. The standard InChI is InChI=1S/C26H29N3O7S/c1-11-14(2-3-16(31)22(28-36)15-4-6-26(27)20-19(15)21(20)26)23(32)17(11)18(25(34)35)13(9-37)8-12-5-7-29(10-30)24(12)33/h4,8,10-11,14,17,19-21,36-37H,2-3,5-7,9,27H2,1H3,(H,34,35)/b12-8+,18-13+,28-22-. The molecular formula is C26H29N3O7S. The van der Waals surface area contributed by atoms with Crippen LogP contribution in [-0.4, -0.2) is 68.6 Å². The van der Waals surface area contributed by atoms with Gasteiger partial charge in [0.2, 0.25) is 6.41 Å². The zero-order chi connectivity index (χ0) is 26.8. The van der Waals surface area contributed by atoms with Crippen molar-refractivity contribution in [3.8, 4) is 0 Å². The molecule has 0 aromatic rings. The highest BCUT2D eigenvalue weighted by molar-refractivity contribution is 7.80. The molecule has 4 N–H and O–H groups in total. The lowest BCUT2D eigenvalue weighted by Gasteiger charge is -2.42. The summed E-state index contributed by atoms with van der Waals surface area (Å²) in [7, 11) is 0. The first-order valence-corrected chi connectivity index (χ1v) is 13.1. The van der Waals surface area contributed by atoms with E-state index in [1.54, 1.807) is 6.92 Å². The second-order valence-electron chi connectivity index (χ2n) is 10.7. The molecule has 0 aromatic carbocycles. The molecule has 5 atom stereocenters. The number of nitrogens with two attached hydrogens (primary N) is 1. The number of amides is 2. The molecular weight excluding hydrogens is 498 g/mol. The first-order valence-electron chi connectivity index (χ1n) is 12.4. The van der Waals surface area contributed by atoms with Gasteiger partial charge in [0.15, 0.2) is 5.78 Å². The molecule has 4 fully saturated rings. The molecule has 5 aliphatic carbocycles. The number of fused-ring (bicyclic) bond motifs is 1. The van der Waals surface area contributed by atoms with Gasteiger partial charge in [0.25, 0.3) is 5.91 Å². The Morgan fingerprint density at radius 1 is 1.32 bits per heavy atom. The lowest BCUT2D eigenvalue weighted by atomic mass is 9.59. The predicted molar refractivity (Wildman–Crippen MR) is 134 cm³/mol. The topological polar surface area (TPSA) is 167 Å². The van der Waals surface area contributed by atoms with E-state index in [2.05, 4.69) is 17.8 Å². The maximum Gasteiger partial charge on any atom is 0.332 e. The van der Waals surface area contributed by atoms with E-state index in [9.17, 15) is 34.3 Å². The molecule has 6 rings (SSSR count). The van der Waals surface area contributed by atoms with Crippen molar-refractivity contribution in [1.29, 1.82) is 0 Å². The van der Waals surface area contributed by atoms with Gasteiger partial charge in [-0.2, -0.15) is 12.6 Å². The zero-order valence-corrected chi connectivity index (χ0v) is 21.2. The summed E-state index contributed by atoms with van der Waals surface area (Å²) in [6.45, 7) is 1.99. The second-order valence-corrected chi connectivity index (χ2v) is 11.1. The summed E-state index contributed by atoms with van der Waals surface area (Å²) in [4.78, 5) is 62.5. The fraction of sp³-hybridized carbons (Fsp3) is 0.538. The molecule has 0 aromatic heterocycles. The Balaban J connectivity index is 1.27. The summed E-state index contributed by atoms with van der Waals surface area (Å²) in [6, 6.07) is 0. The number of thiol groups is 1. The quantitative estimate of drug-likeness (QED) is 0.0819. The molecule has 0 spiro atoms. The minimum atomic E-state index is -1.27. The van der Waals surface area contributed by atoms with Crippen LogP contribution in [0.2, 0.25) is 0 Å². The van der Waals surface area contributed by atoms with E-state index in [1.807, 2.05) is 6.08 Å². The maximum atomic E-state index is 13.1. The van der Waals surface area contributed by atoms with Crippen LogP contribution in [0.3, 0.4) is 0 Å². The summed E-state index contributed by atoms with van der Waals surface area (Å²) < 4.78 is 0. The number of rotatable bonds is 10. The van der Waals surface area contributed by atoms with Gasteiger partial charge in [-0.1, -0.05) is 18.2 Å². The fourth-order valence-corrected chi connectivity index (χ4v) is 7.09. The highest BCUT2D eigenvalue weighted by Crippen LogP contribution is 2.80. The SMILES string of the molecule is CC1C(CCC(=O)/C(=N\O)C2=CCC3(N)C4C2C43)C(=O)C1/C(C(=O)O)=C(/C=C1\CCN(C=O)C1=O)CS. The molecule has 196 valence electrons. The van der Waals surface area contributed by atoms with Gasteiger partial charge < -0.3 is 16.0 Å². The number of carbonyl (C=O) groups is 5. The summed E-state index contributed by atoms with van der Waals surface area (Å²) >= 11 is 4.24. The first-order chi connectivity index (χ1) is 17.6. The van der Waals surface area contributed by atoms with E-state index in [0.29, 0.717) is 36.7 Å². The smallest absolute Gasteiger partial charge is 0.332 e. The van der Waals surface area contributed by atoms with E-state index >= 15 is 0 Å². The summed E-state index contributed by atoms with van der Waals surface area (Å²) in [5.74, 6) is -3.21. The van der Waals surface area contributed by atoms with Crippen LogP contribution in [0.15, 0.2) is 39.6 Å². The van der Waals surface area contributed by atoms with E-state index < -0.39 is 23.7 Å². The normalized spacial score (nSPS) is 37.5. The third kappa shape index (κ3) is 3.82. The maximum absolute atomic E-state index is 13.1. The lowest BCUT2D eigenvalue weighted by molar-refractivity contribution is -0.145. The number of carboxylic acid groups (broad SMARTS) is 1. The minimum Gasteiger partial charge on any atom is -0.478 e. The Labute approximate surface area is 218 Å². The van der Waals surface area contributed by atoms with Crippen molar-refractivity contribution in [2.75, 3.05) is 12.3 Å². The van der Waals surface area contributed by atoms with Crippen molar-refractivity contribution in [1.82, 2.24) is 4.90 Å². The number of aliphatic carboxylic acids is 1. The number of carbonyl (C=O) groups excluding carboxylic acids is 4. The first kappa shape index (κ1) is 25.6. The zero-order valence-electron chi connectivity index (χ0n) is 20.3. The van der Waals surface area contributed by atoms with E-state index in [1.165, 1.54) is 6.08 Å². The van der Waals surface area contributed by atoms with Crippen LogP contribution in [0.5, 0.6) is 0 Å². The average Bonchev–Trinajstić information content (AvgIpc) is 3.74. The van der Waals surface area contributed by atoms with Crippen LogP contribution < -0.4 is 5.73 Å². The predicted octanol–water partition coefficient (Wildman–Crippen LogP) is 1.15. The molecule has 1 aliphatic heterocycles. The number of imide groups is 1. The monoisotopic (exact) mass is 527 g/mol. The second kappa shape index (κ2) is 9.05. The largest absolute Gasteiger partial charge is 0.478 e. The van der Waals surface area contributed by atoms with Gasteiger partial charge in [-0.25, -0.2) is 4.79 Å². The molecule has 37 heavy (non-hydrogen) atoms. The molecule has 10 nitrogen and oxygen atoms in total. The average molecular weight is 528 g/mol. The summed E-state index contributed by atoms with van der Waals surface area (Å²) in [5, 5.41) is 22.7. The Bertz CT molecular complexity index is 1240. The summed E-state index contributed by atoms with van der Waals surface area (Å²) in [5.41, 5.74) is 7.30. The molecule has 5 unspecified atom stereocenters. The van der Waals surface area contributed by atoms with E-state index in [-0.39, 0.29) is 70.9 Å².